The zero-order chi connectivity index (χ0) is 16.4. The van der Waals surface area contributed by atoms with E-state index in [1.807, 2.05) is 13.0 Å². The molecule has 0 unspecified atom stereocenters. The third kappa shape index (κ3) is 2.06. The Hall–Kier alpha value is -2.89. The molecule has 0 saturated carbocycles. The number of carbonyl (C=O) groups is 1. The molecule has 0 radical (unpaired) electrons. The Labute approximate surface area is 130 Å². The highest BCUT2D eigenvalue weighted by Gasteiger charge is 2.35. The van der Waals surface area contributed by atoms with E-state index in [4.69, 9.17) is 13.9 Å². The predicted molar refractivity (Wildman–Crippen MR) is 82.6 cm³/mol. The van der Waals surface area contributed by atoms with E-state index < -0.39 is 11.8 Å². The van der Waals surface area contributed by atoms with Crippen molar-refractivity contribution < 1.29 is 18.7 Å². The second-order valence-electron chi connectivity index (χ2n) is 6.02. The van der Waals surface area contributed by atoms with E-state index in [1.165, 1.54) is 6.07 Å². The first-order chi connectivity index (χ1) is 10.8. The molecule has 0 N–H and O–H groups in total. The van der Waals surface area contributed by atoms with Crippen molar-refractivity contribution in [3.05, 3.63) is 45.6 Å². The number of hydrogen-bond donors (Lipinski definition) is 0. The Kier molecular flexibility index (Phi) is 2.58. The Morgan fingerprint density at radius 1 is 1.04 bits per heavy atom. The molecule has 1 aliphatic heterocycles. The lowest BCUT2D eigenvalue weighted by molar-refractivity contribution is -0.129. The Morgan fingerprint density at radius 2 is 1.83 bits per heavy atom. The van der Waals surface area contributed by atoms with Gasteiger partial charge in [0.05, 0.1) is 10.8 Å². The Morgan fingerprint density at radius 3 is 2.61 bits per heavy atom. The van der Waals surface area contributed by atoms with E-state index in [2.05, 4.69) is 4.98 Å². The zero-order valence-corrected chi connectivity index (χ0v) is 12.8. The molecular formula is C17H13NO5. The predicted octanol–water partition coefficient (Wildman–Crippen LogP) is 2.93. The number of esters is 1. The van der Waals surface area contributed by atoms with Crippen LogP contribution in [0.15, 0.2) is 33.5 Å². The molecule has 3 aromatic rings. The van der Waals surface area contributed by atoms with Gasteiger partial charge in [-0.2, -0.15) is 4.98 Å². The smallest absolute Gasteiger partial charge is 0.346 e. The van der Waals surface area contributed by atoms with Gasteiger partial charge in [0.2, 0.25) is 17.0 Å². The van der Waals surface area contributed by atoms with Gasteiger partial charge in [-0.05, 0) is 25.1 Å². The molecule has 4 rings (SSSR count). The summed E-state index contributed by atoms with van der Waals surface area (Å²) in [6.07, 6.45) is 0. The SMILES string of the molecule is Cc1ccc2oc3nc4c(cc3c(=O)c2c1)C(=O)OC(C)(C)O4. The molecule has 0 spiro atoms. The molecule has 0 saturated heterocycles. The van der Waals surface area contributed by atoms with Crippen LogP contribution in [-0.2, 0) is 4.74 Å². The average Bonchev–Trinajstić information content (AvgIpc) is 2.46. The number of fused-ring (bicyclic) bond motifs is 3. The minimum Gasteiger partial charge on any atom is -0.437 e. The number of aryl methyl sites for hydroxylation is 1. The number of aromatic nitrogens is 1. The van der Waals surface area contributed by atoms with Gasteiger partial charge in [0.1, 0.15) is 11.1 Å². The Balaban J connectivity index is 2.08. The second-order valence-corrected chi connectivity index (χ2v) is 6.02. The topological polar surface area (TPSA) is 78.6 Å². The molecule has 6 heteroatoms. The lowest BCUT2D eigenvalue weighted by Crippen LogP contribution is -2.39. The summed E-state index contributed by atoms with van der Waals surface area (Å²) >= 11 is 0. The maximum atomic E-state index is 12.7. The van der Waals surface area contributed by atoms with E-state index in [1.54, 1.807) is 26.0 Å². The molecule has 23 heavy (non-hydrogen) atoms. The molecule has 2 aromatic heterocycles. The number of rotatable bonds is 0. The molecule has 6 nitrogen and oxygen atoms in total. The van der Waals surface area contributed by atoms with Gasteiger partial charge in [0.25, 0.3) is 5.79 Å². The summed E-state index contributed by atoms with van der Waals surface area (Å²) < 4.78 is 16.4. The summed E-state index contributed by atoms with van der Waals surface area (Å²) in [6, 6.07) is 6.75. The van der Waals surface area contributed by atoms with E-state index in [0.29, 0.717) is 11.0 Å². The molecule has 116 valence electrons. The minimum atomic E-state index is -1.11. The molecule has 0 amide bonds. The van der Waals surface area contributed by atoms with Crippen LogP contribution in [0.3, 0.4) is 0 Å². The quantitative estimate of drug-likeness (QED) is 0.469. The van der Waals surface area contributed by atoms with Gasteiger partial charge in [-0.3, -0.25) is 4.79 Å². The van der Waals surface area contributed by atoms with Crippen molar-refractivity contribution in [1.82, 2.24) is 4.98 Å². The summed E-state index contributed by atoms with van der Waals surface area (Å²) in [5.74, 6) is -1.58. The van der Waals surface area contributed by atoms with Crippen LogP contribution in [0.5, 0.6) is 5.88 Å². The van der Waals surface area contributed by atoms with E-state index in [-0.39, 0.29) is 28.0 Å². The molecule has 0 aliphatic carbocycles. The fraction of sp³-hybridized carbons (Fsp3) is 0.235. The van der Waals surface area contributed by atoms with Crippen molar-refractivity contribution in [1.29, 1.82) is 0 Å². The Bertz CT molecular complexity index is 1050. The highest BCUT2D eigenvalue weighted by atomic mass is 16.7. The molecule has 1 aromatic carbocycles. The van der Waals surface area contributed by atoms with Gasteiger partial charge in [-0.25, -0.2) is 4.79 Å². The van der Waals surface area contributed by atoms with Crippen molar-refractivity contribution in [3.8, 4) is 5.88 Å². The first-order valence-electron chi connectivity index (χ1n) is 7.15. The third-order valence-corrected chi connectivity index (χ3v) is 3.68. The van der Waals surface area contributed by atoms with E-state index in [0.717, 1.165) is 5.56 Å². The van der Waals surface area contributed by atoms with Crippen molar-refractivity contribution in [2.75, 3.05) is 0 Å². The van der Waals surface area contributed by atoms with Crippen LogP contribution in [0.2, 0.25) is 0 Å². The number of ether oxygens (including phenoxy) is 2. The number of cyclic esters (lactones) is 1. The first-order valence-corrected chi connectivity index (χ1v) is 7.15. The maximum absolute atomic E-state index is 12.7. The molecule has 3 heterocycles. The molecule has 0 atom stereocenters. The molecular weight excluding hydrogens is 298 g/mol. The van der Waals surface area contributed by atoms with E-state index >= 15 is 0 Å². The average molecular weight is 311 g/mol. The largest absolute Gasteiger partial charge is 0.437 e. The number of pyridine rings is 1. The van der Waals surface area contributed by atoms with Crippen molar-refractivity contribution in [2.45, 2.75) is 26.6 Å². The highest BCUT2D eigenvalue weighted by Crippen LogP contribution is 2.32. The standard InChI is InChI=1S/C17H13NO5/c1-8-4-5-12-9(6-8)13(19)10-7-11-15(18-14(10)21-12)22-17(2,3)23-16(11)20/h4-7H,1-3H3. The summed E-state index contributed by atoms with van der Waals surface area (Å²) in [6.45, 7) is 5.11. The minimum absolute atomic E-state index is 0.105. The van der Waals surface area contributed by atoms with Gasteiger partial charge < -0.3 is 13.9 Å². The normalized spacial score (nSPS) is 16.0. The monoisotopic (exact) mass is 311 g/mol. The second kappa shape index (κ2) is 4.32. The lowest BCUT2D eigenvalue weighted by Gasteiger charge is -2.30. The zero-order valence-electron chi connectivity index (χ0n) is 12.8. The summed E-state index contributed by atoms with van der Waals surface area (Å²) in [5.41, 5.74) is 1.40. The molecule has 1 aliphatic rings. The van der Waals surface area contributed by atoms with Crippen LogP contribution >= 0.6 is 0 Å². The van der Waals surface area contributed by atoms with Crippen LogP contribution in [-0.4, -0.2) is 16.7 Å². The van der Waals surface area contributed by atoms with E-state index in [9.17, 15) is 9.59 Å². The first kappa shape index (κ1) is 13.8. The van der Waals surface area contributed by atoms with Crippen LogP contribution in [0, 0.1) is 6.92 Å². The van der Waals surface area contributed by atoms with Gasteiger partial charge in [0, 0.05) is 13.8 Å². The van der Waals surface area contributed by atoms with Crippen molar-refractivity contribution in [2.24, 2.45) is 0 Å². The maximum Gasteiger partial charge on any atom is 0.346 e. The molecule has 0 bridgehead atoms. The fourth-order valence-electron chi connectivity index (χ4n) is 2.64. The van der Waals surface area contributed by atoms with Gasteiger partial charge >= 0.3 is 5.97 Å². The van der Waals surface area contributed by atoms with Crippen LogP contribution < -0.4 is 10.2 Å². The number of benzene rings is 1. The summed E-state index contributed by atoms with van der Waals surface area (Å²) in [4.78, 5) is 29.0. The highest BCUT2D eigenvalue weighted by molar-refractivity contribution is 5.98. The molecule has 0 fully saturated rings. The van der Waals surface area contributed by atoms with Crippen LogP contribution in [0.4, 0.5) is 0 Å². The van der Waals surface area contributed by atoms with Gasteiger partial charge in [-0.15, -0.1) is 0 Å². The van der Waals surface area contributed by atoms with Crippen LogP contribution in [0.1, 0.15) is 29.8 Å². The number of carbonyl (C=O) groups excluding carboxylic acids is 1. The number of nitrogens with zero attached hydrogens (tertiary/aromatic N) is 1. The van der Waals surface area contributed by atoms with Crippen molar-refractivity contribution >= 4 is 28.0 Å². The van der Waals surface area contributed by atoms with Crippen molar-refractivity contribution in [3.63, 3.8) is 0 Å². The van der Waals surface area contributed by atoms with Gasteiger partial charge in [-0.1, -0.05) is 11.6 Å². The third-order valence-electron chi connectivity index (χ3n) is 3.68. The number of hydrogen-bond acceptors (Lipinski definition) is 6. The van der Waals surface area contributed by atoms with Crippen LogP contribution in [0.25, 0.3) is 22.1 Å². The summed E-state index contributed by atoms with van der Waals surface area (Å²) in [5, 5.41) is 0.673. The lowest BCUT2D eigenvalue weighted by atomic mass is 10.1. The fourth-order valence-corrected chi connectivity index (χ4v) is 2.64. The summed E-state index contributed by atoms with van der Waals surface area (Å²) in [7, 11) is 0. The van der Waals surface area contributed by atoms with Gasteiger partial charge in [0.15, 0.2) is 0 Å².